The minimum absolute atomic E-state index is 0.0735. The van der Waals surface area contributed by atoms with Gasteiger partial charge in [-0.3, -0.25) is 25.2 Å². The predicted molar refractivity (Wildman–Crippen MR) is 228 cm³/mol. The van der Waals surface area contributed by atoms with Gasteiger partial charge in [0.15, 0.2) is 11.6 Å². The normalized spacial score (nSPS) is 19.6. The number of nitrogens with zero attached hydrogens (tertiary/aromatic N) is 8. The largest absolute Gasteiger partial charge is 0.496 e. The van der Waals surface area contributed by atoms with Crippen molar-refractivity contribution in [2.45, 2.75) is 95.6 Å². The number of aromatic nitrogens is 5. The van der Waals surface area contributed by atoms with Crippen LogP contribution >= 0.6 is 0 Å². The van der Waals surface area contributed by atoms with E-state index in [1.165, 1.54) is 0 Å². The third-order valence-electron chi connectivity index (χ3n) is 12.6. The van der Waals surface area contributed by atoms with Crippen LogP contribution in [0.25, 0.3) is 38.8 Å². The molecular formula is C45H53F2N9O5. The van der Waals surface area contributed by atoms with Crippen molar-refractivity contribution < 1.29 is 33.8 Å². The number of fused-ring (bicyclic) bond motifs is 2. The molecule has 322 valence electrons. The van der Waals surface area contributed by atoms with Gasteiger partial charge in [-0.1, -0.05) is 29.5 Å². The van der Waals surface area contributed by atoms with Crippen LogP contribution in [0, 0.1) is 6.92 Å². The molecule has 0 amide bonds. The second-order valence-corrected chi connectivity index (χ2v) is 16.3. The van der Waals surface area contributed by atoms with Crippen LogP contribution in [0.1, 0.15) is 73.9 Å². The standard InChI is InChI=1S/C45H53F2N9O5/c1-26-31(32-10-7-12-37-33(32)23-49-55(37)30-20-40(60-4)34(41(21-30)61-5)25-54(3)38-13-8-14-39(38)57)9-6-11-35(26)50-44-42-36(51-45(52-44)43(46)47)19-27(22-48-42)24-53(2)28-15-17-29(18-16-28)56(58)59/h6-7,9-12,19-23,28-29,38-39,43,57-59H,8,13-18,24-25H2,1-5H3,(H,50,51,52)/t28?,29?,38-,39+/m1/s1. The van der Waals surface area contributed by atoms with E-state index in [0.717, 1.165) is 76.5 Å². The molecule has 0 saturated heterocycles. The number of halogens is 2. The van der Waals surface area contributed by atoms with E-state index >= 15 is 0 Å². The SMILES string of the molecule is COc1cc(-n2ncc3c(-c4cccc(Nc5nc(C(F)F)nc6cc(CN(C)C7CCC(N(O)O)CC7)cnc56)c4C)cccc32)cc(OC)c1CN(C)[C@@H]1CCC[C@@H]1O. The predicted octanol–water partition coefficient (Wildman–Crippen LogP) is 8.21. The summed E-state index contributed by atoms with van der Waals surface area (Å²) in [5, 5.41) is 38.8. The Kier molecular flexibility index (Phi) is 12.4. The first-order valence-electron chi connectivity index (χ1n) is 20.7. The van der Waals surface area contributed by atoms with Crippen molar-refractivity contribution in [3.05, 3.63) is 89.5 Å². The number of alkyl halides is 2. The lowest BCUT2D eigenvalue weighted by atomic mass is 9.90. The molecule has 3 heterocycles. The topological polar surface area (TPSA) is 157 Å². The van der Waals surface area contributed by atoms with E-state index in [-0.39, 0.29) is 30.0 Å². The monoisotopic (exact) mass is 837 g/mol. The molecule has 4 N–H and O–H groups in total. The Morgan fingerprint density at radius 2 is 1.56 bits per heavy atom. The molecule has 0 radical (unpaired) electrons. The summed E-state index contributed by atoms with van der Waals surface area (Å²) in [7, 11) is 7.30. The van der Waals surface area contributed by atoms with Gasteiger partial charge in [0.1, 0.15) is 17.0 Å². The molecular weight excluding hydrogens is 785 g/mol. The van der Waals surface area contributed by atoms with Crippen LogP contribution in [0.2, 0.25) is 0 Å². The van der Waals surface area contributed by atoms with Gasteiger partial charge in [-0.15, -0.1) is 0 Å². The number of rotatable bonds is 14. The second-order valence-electron chi connectivity index (χ2n) is 16.3. The van der Waals surface area contributed by atoms with E-state index in [4.69, 9.17) is 14.6 Å². The second kappa shape index (κ2) is 17.9. The van der Waals surface area contributed by atoms with E-state index < -0.39 is 12.2 Å². The number of aliphatic hydroxyl groups excluding tert-OH is 1. The molecule has 2 fully saturated rings. The summed E-state index contributed by atoms with van der Waals surface area (Å²) in [4.78, 5) is 17.5. The molecule has 3 aromatic heterocycles. The maximum absolute atomic E-state index is 14.3. The van der Waals surface area contributed by atoms with Crippen molar-refractivity contribution in [3.63, 3.8) is 0 Å². The van der Waals surface area contributed by atoms with Gasteiger partial charge in [0.2, 0.25) is 0 Å². The smallest absolute Gasteiger partial charge is 0.297 e. The highest BCUT2D eigenvalue weighted by Crippen LogP contribution is 2.39. The molecule has 14 nitrogen and oxygen atoms in total. The third-order valence-corrected chi connectivity index (χ3v) is 12.6. The Hall–Kier alpha value is -5.36. The average molecular weight is 838 g/mol. The van der Waals surface area contributed by atoms with E-state index in [9.17, 15) is 24.3 Å². The van der Waals surface area contributed by atoms with E-state index in [1.54, 1.807) is 26.5 Å². The number of ether oxygens (including phenoxy) is 2. The molecule has 0 spiro atoms. The van der Waals surface area contributed by atoms with Crippen molar-refractivity contribution in [2.24, 2.45) is 0 Å². The Labute approximate surface area is 353 Å². The molecule has 16 heteroatoms. The number of benzene rings is 3. The van der Waals surface area contributed by atoms with E-state index in [1.807, 2.05) is 80.4 Å². The fraction of sp³-hybridized carbons (Fsp3) is 0.422. The molecule has 0 unspecified atom stereocenters. The highest BCUT2D eigenvalue weighted by Gasteiger charge is 2.31. The Bertz CT molecular complexity index is 2490. The summed E-state index contributed by atoms with van der Waals surface area (Å²) >= 11 is 0. The first kappa shape index (κ1) is 42.3. The van der Waals surface area contributed by atoms with Crippen molar-refractivity contribution in [1.29, 1.82) is 0 Å². The minimum Gasteiger partial charge on any atom is -0.496 e. The fourth-order valence-electron chi connectivity index (χ4n) is 9.23. The summed E-state index contributed by atoms with van der Waals surface area (Å²) in [6, 6.07) is 17.6. The van der Waals surface area contributed by atoms with Gasteiger partial charge in [-0.05, 0) is 106 Å². The molecule has 61 heavy (non-hydrogen) atoms. The number of methoxy groups -OCH3 is 2. The lowest BCUT2D eigenvalue weighted by Crippen LogP contribution is -2.40. The summed E-state index contributed by atoms with van der Waals surface area (Å²) in [5.41, 5.74) is 7.41. The molecule has 0 aliphatic heterocycles. The number of hydrogen-bond donors (Lipinski definition) is 4. The number of nitrogens with one attached hydrogen (secondary N) is 1. The zero-order valence-electron chi connectivity index (χ0n) is 35.1. The molecule has 2 aliphatic rings. The zero-order valence-corrected chi connectivity index (χ0v) is 35.1. The van der Waals surface area contributed by atoms with Gasteiger partial charge >= 0.3 is 0 Å². The highest BCUT2D eigenvalue weighted by atomic mass is 19.3. The van der Waals surface area contributed by atoms with Crippen LogP contribution in [0.15, 0.2) is 67.0 Å². The highest BCUT2D eigenvalue weighted by molar-refractivity contribution is 5.97. The first-order valence-corrected chi connectivity index (χ1v) is 20.7. The van der Waals surface area contributed by atoms with Gasteiger partial charge in [0.25, 0.3) is 6.43 Å². The van der Waals surface area contributed by atoms with Crippen LogP contribution < -0.4 is 14.8 Å². The number of pyridine rings is 1. The lowest BCUT2D eigenvalue weighted by Gasteiger charge is -2.35. The van der Waals surface area contributed by atoms with Crippen LogP contribution in [0.4, 0.5) is 20.3 Å². The molecule has 0 bridgehead atoms. The number of hydrogen-bond acceptors (Lipinski definition) is 13. The lowest BCUT2D eigenvalue weighted by molar-refractivity contribution is -0.336. The van der Waals surface area contributed by atoms with Crippen LogP contribution in [0.5, 0.6) is 11.5 Å². The average Bonchev–Trinajstić information content (AvgIpc) is 3.90. The van der Waals surface area contributed by atoms with Crippen LogP contribution in [-0.4, -0.2) is 108 Å². The summed E-state index contributed by atoms with van der Waals surface area (Å²) in [5.74, 6) is 0.905. The maximum Gasteiger partial charge on any atom is 0.297 e. The van der Waals surface area contributed by atoms with Gasteiger partial charge in [-0.2, -0.15) is 5.10 Å². The fourth-order valence-corrected chi connectivity index (χ4v) is 9.23. The molecule has 2 saturated carbocycles. The van der Waals surface area contributed by atoms with Crippen LogP contribution in [-0.2, 0) is 13.1 Å². The molecule has 6 aromatic rings. The maximum atomic E-state index is 14.3. The van der Waals surface area contributed by atoms with Gasteiger partial charge < -0.3 is 19.9 Å². The van der Waals surface area contributed by atoms with Crippen molar-refractivity contribution >= 4 is 33.4 Å². The molecule has 2 atom stereocenters. The summed E-state index contributed by atoms with van der Waals surface area (Å²) < 4.78 is 42.2. The van der Waals surface area contributed by atoms with Gasteiger partial charge in [0, 0.05) is 54.6 Å². The Morgan fingerprint density at radius 1 is 0.852 bits per heavy atom. The van der Waals surface area contributed by atoms with E-state index in [2.05, 4.69) is 30.1 Å². The zero-order chi connectivity index (χ0) is 42.9. The van der Waals surface area contributed by atoms with Crippen molar-refractivity contribution in [2.75, 3.05) is 33.6 Å². The van der Waals surface area contributed by atoms with Crippen molar-refractivity contribution in [1.82, 2.24) is 39.8 Å². The Morgan fingerprint density at radius 3 is 2.23 bits per heavy atom. The quantitative estimate of drug-likeness (QED) is 0.0780. The Balaban J connectivity index is 1.08. The summed E-state index contributed by atoms with van der Waals surface area (Å²) in [6.45, 7) is 3.05. The molecule has 3 aromatic carbocycles. The third kappa shape index (κ3) is 8.61. The van der Waals surface area contributed by atoms with E-state index in [0.29, 0.717) is 59.4 Å². The first-order chi connectivity index (χ1) is 29.4. The molecule has 2 aliphatic carbocycles. The van der Waals surface area contributed by atoms with Gasteiger partial charge in [0.05, 0.1) is 54.8 Å². The number of aliphatic hydroxyl groups is 1. The molecule has 8 rings (SSSR count). The van der Waals surface area contributed by atoms with Crippen molar-refractivity contribution in [3.8, 4) is 28.3 Å². The minimum atomic E-state index is -2.89. The van der Waals surface area contributed by atoms with Gasteiger partial charge in [-0.25, -0.2) is 23.4 Å². The van der Waals surface area contributed by atoms with Crippen LogP contribution in [0.3, 0.4) is 0 Å². The number of anilines is 2. The number of likely N-dealkylation sites (N-methyl/N-ethyl adjacent to an activating group) is 1. The summed E-state index contributed by atoms with van der Waals surface area (Å²) in [6.07, 6.45) is 5.96. The number of hydroxylamine groups is 2.